The van der Waals surface area contributed by atoms with Gasteiger partial charge in [-0.1, -0.05) is 29.1 Å². The van der Waals surface area contributed by atoms with E-state index in [2.05, 4.69) is 40.0 Å². The number of nitrogens with zero attached hydrogens (tertiary/aromatic N) is 3. The summed E-state index contributed by atoms with van der Waals surface area (Å²) in [4.78, 5) is 38.6. The number of allylic oxidation sites excluding steroid dienone is 3. The molecule has 0 spiro atoms. The number of thiazole rings is 1. The molecule has 3 aromatic rings. The first-order chi connectivity index (χ1) is 20.8. The number of carbonyl (C=O) groups is 2. The van der Waals surface area contributed by atoms with Gasteiger partial charge in [0, 0.05) is 37.8 Å². The number of anilines is 1. The molecule has 1 saturated heterocycles. The van der Waals surface area contributed by atoms with E-state index < -0.39 is 11.8 Å². The summed E-state index contributed by atoms with van der Waals surface area (Å²) in [7, 11) is 0. The molecule has 2 aliphatic heterocycles. The molecule has 1 fully saturated rings. The number of ether oxygens (including phenoxy) is 3. The maximum atomic E-state index is 12.2. The van der Waals surface area contributed by atoms with Crippen molar-refractivity contribution in [3.63, 3.8) is 0 Å². The summed E-state index contributed by atoms with van der Waals surface area (Å²) in [6.45, 7) is 8.54. The number of amidine groups is 1. The molecule has 12 heteroatoms. The number of nitrogens with one attached hydrogen (secondary N) is 3. The Hall–Kier alpha value is -4.13. The van der Waals surface area contributed by atoms with Crippen LogP contribution in [0.15, 0.2) is 59.4 Å². The van der Waals surface area contributed by atoms with E-state index in [0.717, 1.165) is 51.3 Å². The fourth-order valence-corrected chi connectivity index (χ4v) is 5.70. The Kier molecular flexibility index (Phi) is 9.49. The van der Waals surface area contributed by atoms with Crippen LogP contribution in [0, 0.1) is 0 Å². The van der Waals surface area contributed by atoms with Gasteiger partial charge in [-0.15, -0.1) is 0 Å². The van der Waals surface area contributed by atoms with Gasteiger partial charge in [-0.05, 0) is 62.6 Å². The van der Waals surface area contributed by atoms with Gasteiger partial charge in [0.15, 0.2) is 5.13 Å². The number of hydrogen-bond donors (Lipinski definition) is 3. The van der Waals surface area contributed by atoms with E-state index in [9.17, 15) is 9.59 Å². The maximum absolute atomic E-state index is 12.2. The normalized spacial score (nSPS) is 21.7. The minimum absolute atomic E-state index is 0.243. The number of amides is 2. The van der Waals surface area contributed by atoms with Crippen LogP contribution in [-0.4, -0.2) is 66.0 Å². The molecule has 0 saturated carbocycles. The number of benzene rings is 1. The number of carbonyl (C=O) groups excluding carboxylic acids is 2. The van der Waals surface area contributed by atoms with E-state index in [1.165, 1.54) is 16.9 Å². The third-order valence-corrected chi connectivity index (χ3v) is 7.98. The Balaban J connectivity index is 1.43. The number of urea groups is 1. The summed E-state index contributed by atoms with van der Waals surface area (Å²) >= 11 is 1.41. The minimum atomic E-state index is -1.41. The fraction of sp³-hybridized carbons (Fsp3) is 0.387. The van der Waals surface area contributed by atoms with Gasteiger partial charge in [0.25, 0.3) is 5.79 Å². The Morgan fingerprint density at radius 1 is 1.21 bits per heavy atom. The Morgan fingerprint density at radius 3 is 2.74 bits per heavy atom. The molecule has 0 unspecified atom stereocenters. The highest BCUT2D eigenvalue weighted by Gasteiger charge is 2.42. The Bertz CT molecular complexity index is 1570. The molecule has 0 bridgehead atoms. The van der Waals surface area contributed by atoms with Crippen LogP contribution in [0.1, 0.15) is 46.1 Å². The zero-order valence-electron chi connectivity index (χ0n) is 24.7. The molecule has 1 aromatic carbocycles. The molecule has 226 valence electrons. The van der Waals surface area contributed by atoms with Crippen molar-refractivity contribution in [2.75, 3.05) is 31.7 Å². The van der Waals surface area contributed by atoms with E-state index in [1.807, 2.05) is 37.4 Å². The summed E-state index contributed by atoms with van der Waals surface area (Å²) in [5.74, 6) is -1.15. The quantitative estimate of drug-likeness (QED) is 0.311. The van der Waals surface area contributed by atoms with Gasteiger partial charge < -0.3 is 24.8 Å². The average molecular weight is 605 g/mol. The predicted octanol–water partition coefficient (Wildman–Crippen LogP) is 5.26. The molecule has 43 heavy (non-hydrogen) atoms. The number of fused-ring (bicyclic) bond motifs is 1. The van der Waals surface area contributed by atoms with E-state index in [0.29, 0.717) is 11.7 Å². The van der Waals surface area contributed by atoms with E-state index in [4.69, 9.17) is 24.2 Å². The second kappa shape index (κ2) is 13.4. The molecule has 5 rings (SSSR count). The van der Waals surface area contributed by atoms with Gasteiger partial charge >= 0.3 is 12.0 Å². The Morgan fingerprint density at radius 2 is 2.02 bits per heavy atom. The zero-order valence-corrected chi connectivity index (χ0v) is 25.5. The number of pyridine rings is 1. The second-order valence-electron chi connectivity index (χ2n) is 10.3. The van der Waals surface area contributed by atoms with Crippen LogP contribution in [0.4, 0.5) is 9.93 Å². The van der Waals surface area contributed by atoms with Crippen LogP contribution in [0.3, 0.4) is 0 Å². The Labute approximate surface area is 254 Å². The molecule has 0 radical (unpaired) electrons. The molecular formula is C31H36N6O5S. The zero-order chi connectivity index (χ0) is 30.4. The van der Waals surface area contributed by atoms with E-state index in [1.54, 1.807) is 20.0 Å². The fourth-order valence-electron chi connectivity index (χ4n) is 4.74. The third kappa shape index (κ3) is 7.27. The van der Waals surface area contributed by atoms with Crippen LogP contribution in [0.2, 0.25) is 0 Å². The van der Waals surface area contributed by atoms with Crippen molar-refractivity contribution in [1.29, 1.82) is 0 Å². The molecule has 0 aliphatic carbocycles. The van der Waals surface area contributed by atoms with Crippen molar-refractivity contribution in [3.05, 3.63) is 59.9 Å². The lowest BCUT2D eigenvalue weighted by molar-refractivity contribution is -0.264. The summed E-state index contributed by atoms with van der Waals surface area (Å²) in [6, 6.07) is 9.37. The highest BCUT2D eigenvalue weighted by Crippen LogP contribution is 2.37. The van der Waals surface area contributed by atoms with Gasteiger partial charge in [-0.25, -0.2) is 14.6 Å². The molecule has 4 heterocycles. The topological polar surface area (TPSA) is 136 Å². The van der Waals surface area contributed by atoms with E-state index >= 15 is 0 Å². The van der Waals surface area contributed by atoms with Gasteiger partial charge in [-0.2, -0.15) is 0 Å². The van der Waals surface area contributed by atoms with Crippen LogP contribution in [0.5, 0.6) is 0 Å². The summed E-state index contributed by atoms with van der Waals surface area (Å²) in [5.41, 5.74) is 5.62. The molecule has 11 nitrogen and oxygen atoms in total. The number of hydrogen-bond acceptors (Lipinski definition) is 9. The minimum Gasteiger partial charge on any atom is -0.462 e. The first kappa shape index (κ1) is 30.3. The molecule has 2 aliphatic rings. The molecule has 2 aromatic heterocycles. The van der Waals surface area contributed by atoms with Crippen molar-refractivity contribution >= 4 is 50.1 Å². The van der Waals surface area contributed by atoms with Crippen molar-refractivity contribution in [1.82, 2.24) is 20.6 Å². The van der Waals surface area contributed by atoms with Crippen LogP contribution in [0.25, 0.3) is 27.0 Å². The lowest BCUT2D eigenvalue weighted by Gasteiger charge is -2.34. The maximum Gasteiger partial charge on any atom is 0.366 e. The number of aromatic nitrogens is 2. The van der Waals surface area contributed by atoms with Crippen molar-refractivity contribution in [2.45, 2.75) is 52.4 Å². The largest absolute Gasteiger partial charge is 0.462 e. The standard InChI is InChI=1S/C31H36N6O5S/c1-5-32-29(39)37-30-36-25-15-20(14-23(27(25)43-30)24-9-7-8-12-33-24)21-13-19(3)10-11-26(34-16-21)35-22-17-41-31(4,42-18-22)28(38)40-6-2/h7-9,12-16,22H,5-6,10-11,17-18H2,1-4H3,(H,34,35)(H2,32,36,37,39). The first-order valence-electron chi connectivity index (χ1n) is 14.3. The van der Waals surface area contributed by atoms with Crippen LogP contribution < -0.4 is 16.0 Å². The van der Waals surface area contributed by atoms with Crippen LogP contribution >= 0.6 is 11.3 Å². The van der Waals surface area contributed by atoms with E-state index in [-0.39, 0.29) is 31.9 Å². The predicted molar refractivity (Wildman–Crippen MR) is 168 cm³/mol. The highest BCUT2D eigenvalue weighted by atomic mass is 32.1. The van der Waals surface area contributed by atoms with Gasteiger partial charge in [-0.3, -0.25) is 15.3 Å². The smallest absolute Gasteiger partial charge is 0.366 e. The molecule has 0 atom stereocenters. The third-order valence-electron chi connectivity index (χ3n) is 6.96. The second-order valence-corrected chi connectivity index (χ2v) is 11.3. The highest BCUT2D eigenvalue weighted by molar-refractivity contribution is 7.22. The van der Waals surface area contributed by atoms with Crippen molar-refractivity contribution in [2.24, 2.45) is 4.99 Å². The lowest BCUT2D eigenvalue weighted by atomic mass is 9.97. The number of esters is 1. The SMILES string of the molecule is CCNC(=O)Nc1nc2cc(C3=CNC(=NC4COC(C)(C(=O)OCC)OC4)CCC(C)=C3)cc(-c3ccccn3)c2s1. The molecule has 2 amide bonds. The monoisotopic (exact) mass is 604 g/mol. The summed E-state index contributed by atoms with van der Waals surface area (Å²) < 4.78 is 17.5. The van der Waals surface area contributed by atoms with Crippen molar-refractivity contribution in [3.8, 4) is 11.3 Å². The van der Waals surface area contributed by atoms with Gasteiger partial charge in [0.2, 0.25) is 0 Å². The lowest BCUT2D eigenvalue weighted by Crippen LogP contribution is -2.50. The molecule has 3 N–H and O–H groups in total. The number of aliphatic imine (C=N–C) groups is 1. The average Bonchev–Trinajstić information content (AvgIpc) is 3.40. The van der Waals surface area contributed by atoms with Crippen molar-refractivity contribution < 1.29 is 23.8 Å². The van der Waals surface area contributed by atoms with Gasteiger partial charge in [0.1, 0.15) is 5.84 Å². The number of rotatable bonds is 7. The summed E-state index contributed by atoms with van der Waals surface area (Å²) in [5, 5.41) is 9.49. The van der Waals surface area contributed by atoms with Gasteiger partial charge in [0.05, 0.1) is 41.8 Å². The first-order valence-corrected chi connectivity index (χ1v) is 15.2. The summed E-state index contributed by atoms with van der Waals surface area (Å²) in [6.07, 6.45) is 7.39. The molecular weight excluding hydrogens is 568 g/mol. The van der Waals surface area contributed by atoms with Crippen LogP contribution in [-0.2, 0) is 19.0 Å².